The molecule has 0 aliphatic heterocycles. The fraction of sp³-hybridized carbons (Fsp3) is 0.517. The smallest absolute Gasteiger partial charge is 0.343 e. The number of halogens is 1. The van der Waals surface area contributed by atoms with Gasteiger partial charge in [-0.25, -0.2) is 14.0 Å². The van der Waals surface area contributed by atoms with E-state index in [1.165, 1.54) is 69.2 Å². The van der Waals surface area contributed by atoms with Crippen molar-refractivity contribution >= 4 is 11.9 Å². The second-order valence-corrected chi connectivity index (χ2v) is 9.96. The van der Waals surface area contributed by atoms with Crippen molar-refractivity contribution < 1.29 is 23.5 Å². The molecule has 34 heavy (non-hydrogen) atoms. The summed E-state index contributed by atoms with van der Waals surface area (Å²) in [5, 5.41) is 0. The highest BCUT2D eigenvalue weighted by molar-refractivity contribution is 5.92. The summed E-state index contributed by atoms with van der Waals surface area (Å²) in [6.07, 6.45) is 12.4. The van der Waals surface area contributed by atoms with Crippen molar-refractivity contribution in [2.45, 2.75) is 77.2 Å². The normalized spacial score (nSPS) is 24.2. The van der Waals surface area contributed by atoms with E-state index in [4.69, 9.17) is 9.47 Å². The molecule has 0 heterocycles. The van der Waals surface area contributed by atoms with Crippen molar-refractivity contribution in [3.63, 3.8) is 0 Å². The van der Waals surface area contributed by atoms with E-state index in [0.717, 1.165) is 31.1 Å². The van der Waals surface area contributed by atoms with Gasteiger partial charge in [0.1, 0.15) is 17.7 Å². The summed E-state index contributed by atoms with van der Waals surface area (Å²) in [7, 11) is 0. The topological polar surface area (TPSA) is 52.6 Å². The van der Waals surface area contributed by atoms with Gasteiger partial charge in [0.05, 0.1) is 11.1 Å². The second kappa shape index (κ2) is 11.6. The molecule has 4 unspecified atom stereocenters. The van der Waals surface area contributed by atoms with Crippen LogP contribution in [0.5, 0.6) is 5.75 Å². The molecule has 2 aliphatic carbocycles. The van der Waals surface area contributed by atoms with Crippen LogP contribution in [0, 0.1) is 23.6 Å². The van der Waals surface area contributed by atoms with E-state index in [9.17, 15) is 14.0 Å². The van der Waals surface area contributed by atoms with Crippen molar-refractivity contribution in [2.24, 2.45) is 17.8 Å². The summed E-state index contributed by atoms with van der Waals surface area (Å²) in [6.45, 7) is 2.26. The van der Waals surface area contributed by atoms with Crippen LogP contribution in [0.15, 0.2) is 48.5 Å². The van der Waals surface area contributed by atoms with Gasteiger partial charge < -0.3 is 9.47 Å². The van der Waals surface area contributed by atoms with Crippen molar-refractivity contribution in [2.75, 3.05) is 0 Å². The Labute approximate surface area is 201 Å². The van der Waals surface area contributed by atoms with Crippen LogP contribution in [-0.4, -0.2) is 18.0 Å². The molecule has 4 rings (SSSR count). The van der Waals surface area contributed by atoms with E-state index in [2.05, 4.69) is 6.92 Å². The van der Waals surface area contributed by atoms with Gasteiger partial charge in [0.2, 0.25) is 0 Å². The van der Waals surface area contributed by atoms with Crippen molar-refractivity contribution in [1.29, 1.82) is 0 Å². The van der Waals surface area contributed by atoms with E-state index in [-0.39, 0.29) is 17.6 Å². The monoisotopic (exact) mass is 466 g/mol. The van der Waals surface area contributed by atoms with Crippen LogP contribution in [-0.2, 0) is 4.74 Å². The first kappa shape index (κ1) is 24.4. The molecule has 4 atom stereocenters. The fourth-order valence-electron chi connectivity index (χ4n) is 5.63. The molecule has 0 spiro atoms. The molecule has 0 aromatic heterocycles. The van der Waals surface area contributed by atoms with Crippen LogP contribution in [0.3, 0.4) is 0 Å². The van der Waals surface area contributed by atoms with Crippen LogP contribution >= 0.6 is 0 Å². The number of hydrogen-bond acceptors (Lipinski definition) is 4. The van der Waals surface area contributed by atoms with Crippen LogP contribution in [0.4, 0.5) is 4.39 Å². The van der Waals surface area contributed by atoms with Crippen LogP contribution < -0.4 is 4.74 Å². The SMILES string of the molecule is CCCCCC1CCC2CC(OC(=O)c3ccc(OC(=O)c4ccc(F)cc4)cc3)CCC2C1. The molecule has 2 fully saturated rings. The number of carbonyl (C=O) groups excluding carboxylic acids is 2. The van der Waals surface area contributed by atoms with Gasteiger partial charge in [0.25, 0.3) is 0 Å². The van der Waals surface area contributed by atoms with Crippen molar-refractivity contribution in [1.82, 2.24) is 0 Å². The molecule has 0 saturated heterocycles. The highest BCUT2D eigenvalue weighted by atomic mass is 19.1. The van der Waals surface area contributed by atoms with E-state index in [0.29, 0.717) is 17.2 Å². The Morgan fingerprint density at radius 3 is 2.21 bits per heavy atom. The number of carbonyl (C=O) groups is 2. The molecule has 2 aromatic rings. The zero-order valence-corrected chi connectivity index (χ0v) is 20.0. The lowest BCUT2D eigenvalue weighted by Crippen LogP contribution is -2.35. The zero-order chi connectivity index (χ0) is 23.9. The lowest BCUT2D eigenvalue weighted by atomic mass is 9.66. The highest BCUT2D eigenvalue weighted by Gasteiger charge is 2.36. The minimum Gasteiger partial charge on any atom is -0.459 e. The Bertz CT molecular complexity index is 953. The standard InChI is InChI=1S/C29H35FO4/c1-2-3-4-5-20-6-7-24-19-27(17-12-23(24)18-20)34-29(32)22-10-15-26(16-11-22)33-28(31)21-8-13-25(30)14-9-21/h8-11,13-16,20,23-24,27H,2-7,12,17-19H2,1H3. The first-order valence-corrected chi connectivity index (χ1v) is 12.8. The number of benzene rings is 2. The van der Waals surface area contributed by atoms with E-state index in [1.807, 2.05) is 0 Å². The third kappa shape index (κ3) is 6.46. The third-order valence-corrected chi connectivity index (χ3v) is 7.54. The molecular formula is C29H35FO4. The maximum absolute atomic E-state index is 13.0. The molecule has 0 bridgehead atoms. The minimum atomic E-state index is -0.577. The molecule has 0 amide bonds. The predicted octanol–water partition coefficient (Wildman–Crippen LogP) is 7.37. The average molecular weight is 467 g/mol. The lowest BCUT2D eigenvalue weighted by molar-refractivity contribution is -0.00628. The summed E-state index contributed by atoms with van der Waals surface area (Å²) >= 11 is 0. The van der Waals surface area contributed by atoms with Crippen molar-refractivity contribution in [3.05, 3.63) is 65.5 Å². The van der Waals surface area contributed by atoms with Gasteiger partial charge in [-0.05, 0) is 98.4 Å². The van der Waals surface area contributed by atoms with E-state index < -0.39 is 11.8 Å². The van der Waals surface area contributed by atoms with Gasteiger partial charge in [0.15, 0.2) is 0 Å². The van der Waals surface area contributed by atoms with Crippen LogP contribution in [0.2, 0.25) is 0 Å². The van der Waals surface area contributed by atoms with Crippen LogP contribution in [0.1, 0.15) is 91.8 Å². The average Bonchev–Trinajstić information content (AvgIpc) is 2.85. The highest BCUT2D eigenvalue weighted by Crippen LogP contribution is 2.44. The Morgan fingerprint density at radius 1 is 0.824 bits per heavy atom. The van der Waals surface area contributed by atoms with Gasteiger partial charge in [-0.1, -0.05) is 39.0 Å². The summed E-state index contributed by atoms with van der Waals surface area (Å²) in [5.74, 6) is 1.38. The number of unbranched alkanes of at least 4 members (excludes halogenated alkanes) is 2. The van der Waals surface area contributed by atoms with Gasteiger partial charge in [-0.2, -0.15) is 0 Å². The van der Waals surface area contributed by atoms with Gasteiger partial charge in [-0.15, -0.1) is 0 Å². The number of rotatable bonds is 8. The molecule has 182 valence electrons. The summed E-state index contributed by atoms with van der Waals surface area (Å²) < 4.78 is 24.2. The Balaban J connectivity index is 1.24. The van der Waals surface area contributed by atoms with Gasteiger partial charge in [0, 0.05) is 0 Å². The molecule has 2 saturated carbocycles. The quantitative estimate of drug-likeness (QED) is 0.232. The number of ether oxygens (including phenoxy) is 2. The van der Waals surface area contributed by atoms with E-state index in [1.54, 1.807) is 24.3 Å². The largest absolute Gasteiger partial charge is 0.459 e. The molecular weight excluding hydrogens is 431 g/mol. The predicted molar refractivity (Wildman–Crippen MR) is 129 cm³/mol. The molecule has 0 radical (unpaired) electrons. The minimum absolute atomic E-state index is 0.0126. The molecule has 2 aliphatic rings. The molecule has 0 N–H and O–H groups in total. The number of esters is 2. The van der Waals surface area contributed by atoms with Gasteiger partial charge in [-0.3, -0.25) is 0 Å². The summed E-state index contributed by atoms with van der Waals surface area (Å²) in [5.41, 5.74) is 0.707. The number of hydrogen-bond donors (Lipinski definition) is 0. The van der Waals surface area contributed by atoms with E-state index >= 15 is 0 Å². The summed E-state index contributed by atoms with van der Waals surface area (Å²) in [6, 6.07) is 11.5. The Kier molecular flexibility index (Phi) is 8.36. The Hall–Kier alpha value is -2.69. The summed E-state index contributed by atoms with van der Waals surface area (Å²) in [4.78, 5) is 24.9. The lowest BCUT2D eigenvalue weighted by Gasteiger charge is -2.42. The second-order valence-electron chi connectivity index (χ2n) is 9.96. The molecule has 5 heteroatoms. The maximum atomic E-state index is 13.0. The number of fused-ring (bicyclic) bond motifs is 1. The Morgan fingerprint density at radius 2 is 1.47 bits per heavy atom. The third-order valence-electron chi connectivity index (χ3n) is 7.54. The van der Waals surface area contributed by atoms with Crippen LogP contribution in [0.25, 0.3) is 0 Å². The first-order chi connectivity index (χ1) is 16.5. The first-order valence-electron chi connectivity index (χ1n) is 12.8. The van der Waals surface area contributed by atoms with Gasteiger partial charge >= 0.3 is 11.9 Å². The van der Waals surface area contributed by atoms with Crippen molar-refractivity contribution in [3.8, 4) is 5.75 Å². The molecule has 4 nitrogen and oxygen atoms in total. The molecule has 2 aromatic carbocycles. The zero-order valence-electron chi connectivity index (χ0n) is 20.0. The fourth-order valence-corrected chi connectivity index (χ4v) is 5.63. The maximum Gasteiger partial charge on any atom is 0.343 e.